The number of benzene rings is 2. The van der Waals surface area contributed by atoms with Gasteiger partial charge in [-0.2, -0.15) is 0 Å². The molecule has 1 amide bonds. The summed E-state index contributed by atoms with van der Waals surface area (Å²) in [6, 6.07) is 12.1. The third-order valence-electron chi connectivity index (χ3n) is 4.10. The molecule has 2 aromatic carbocycles. The normalized spacial score (nSPS) is 11.1. The van der Waals surface area contributed by atoms with Crippen molar-refractivity contribution >= 4 is 21.6 Å². The van der Waals surface area contributed by atoms with E-state index in [0.717, 1.165) is 16.1 Å². The van der Waals surface area contributed by atoms with E-state index in [2.05, 4.69) is 5.32 Å². The van der Waals surface area contributed by atoms with Gasteiger partial charge in [0.1, 0.15) is 23.8 Å². The summed E-state index contributed by atoms with van der Waals surface area (Å²) in [6.07, 6.45) is 1.07. The number of sulfonamides is 1. The lowest BCUT2D eigenvalue weighted by molar-refractivity contribution is -0.119. The molecule has 0 aliphatic rings. The molecule has 0 radical (unpaired) electrons. The van der Waals surface area contributed by atoms with Crippen LogP contribution in [0.2, 0.25) is 0 Å². The van der Waals surface area contributed by atoms with Crippen LogP contribution < -0.4 is 23.8 Å². The fourth-order valence-electron chi connectivity index (χ4n) is 2.76. The Hall–Kier alpha value is -2.94. The Morgan fingerprint density at radius 1 is 1.07 bits per heavy atom. The van der Waals surface area contributed by atoms with Crippen LogP contribution in [0.5, 0.6) is 17.2 Å². The summed E-state index contributed by atoms with van der Waals surface area (Å²) in [7, 11) is -0.856. The average Bonchev–Trinajstić information content (AvgIpc) is 2.69. The van der Waals surface area contributed by atoms with Gasteiger partial charge in [0.15, 0.2) is 0 Å². The van der Waals surface area contributed by atoms with E-state index in [1.54, 1.807) is 12.1 Å². The van der Waals surface area contributed by atoms with Crippen LogP contribution in [-0.2, 0) is 21.4 Å². The summed E-state index contributed by atoms with van der Waals surface area (Å²) in [6.45, 7) is 3.70. The minimum Gasteiger partial charge on any atom is -0.497 e. The molecule has 0 aliphatic carbocycles. The van der Waals surface area contributed by atoms with Gasteiger partial charge in [0.05, 0.1) is 32.3 Å². The number of carbonyl (C=O) groups excluding carboxylic acids is 1. The molecule has 1 N–H and O–H groups in total. The zero-order chi connectivity index (χ0) is 22.3. The molecule has 0 bridgehead atoms. The van der Waals surface area contributed by atoms with Crippen LogP contribution in [-0.4, -0.2) is 47.4 Å². The van der Waals surface area contributed by atoms with E-state index in [9.17, 15) is 13.2 Å². The van der Waals surface area contributed by atoms with Crippen LogP contribution in [0.1, 0.15) is 19.4 Å². The lowest BCUT2D eigenvalue weighted by atomic mass is 10.2. The SMILES string of the molecule is COc1ccc(OC)c(N(CC(=O)NCc2cccc(OC(C)C)c2)S(C)(=O)=O)c1. The Bertz CT molecular complexity index is 975. The van der Waals surface area contributed by atoms with Gasteiger partial charge in [0.2, 0.25) is 15.9 Å². The molecule has 0 aromatic heterocycles. The molecule has 9 heteroatoms. The number of nitrogens with zero attached hydrogens (tertiary/aromatic N) is 1. The molecule has 0 heterocycles. The maximum absolute atomic E-state index is 12.5. The molecule has 8 nitrogen and oxygen atoms in total. The fourth-order valence-corrected chi connectivity index (χ4v) is 3.61. The average molecular weight is 437 g/mol. The lowest BCUT2D eigenvalue weighted by Gasteiger charge is -2.24. The summed E-state index contributed by atoms with van der Waals surface area (Å²) < 4.78 is 41.9. The van der Waals surface area contributed by atoms with Gasteiger partial charge in [-0.15, -0.1) is 0 Å². The van der Waals surface area contributed by atoms with Gasteiger partial charge < -0.3 is 19.5 Å². The zero-order valence-electron chi connectivity index (χ0n) is 17.8. The van der Waals surface area contributed by atoms with Crippen molar-refractivity contribution in [2.75, 3.05) is 31.3 Å². The number of rotatable bonds is 10. The first kappa shape index (κ1) is 23.3. The van der Waals surface area contributed by atoms with Crippen molar-refractivity contribution in [1.82, 2.24) is 5.32 Å². The molecule has 30 heavy (non-hydrogen) atoms. The lowest BCUT2D eigenvalue weighted by Crippen LogP contribution is -2.40. The van der Waals surface area contributed by atoms with Gasteiger partial charge >= 0.3 is 0 Å². The van der Waals surface area contributed by atoms with Crippen molar-refractivity contribution in [1.29, 1.82) is 0 Å². The summed E-state index contributed by atoms with van der Waals surface area (Å²) in [4.78, 5) is 12.5. The maximum atomic E-state index is 12.5. The summed E-state index contributed by atoms with van der Waals surface area (Å²) >= 11 is 0. The molecule has 0 saturated heterocycles. The van der Waals surface area contributed by atoms with Crippen molar-refractivity contribution in [3.63, 3.8) is 0 Å². The Balaban J connectivity index is 2.16. The number of methoxy groups -OCH3 is 2. The molecule has 0 aliphatic heterocycles. The second kappa shape index (κ2) is 10.2. The van der Waals surface area contributed by atoms with E-state index in [4.69, 9.17) is 14.2 Å². The standard InChI is InChI=1S/C21H28N2O6S/c1-15(2)29-18-8-6-7-16(11-18)13-22-21(24)14-23(30(5,25)26)19-12-17(27-3)9-10-20(19)28-4/h6-12,15H,13-14H2,1-5H3,(H,22,24). The highest BCUT2D eigenvalue weighted by molar-refractivity contribution is 7.92. The number of carbonyl (C=O) groups is 1. The topological polar surface area (TPSA) is 94.2 Å². The Labute approximate surface area is 177 Å². The monoisotopic (exact) mass is 436 g/mol. The Morgan fingerprint density at radius 3 is 2.40 bits per heavy atom. The van der Waals surface area contributed by atoms with Crippen LogP contribution in [0.25, 0.3) is 0 Å². The number of nitrogens with one attached hydrogen (secondary N) is 1. The highest BCUT2D eigenvalue weighted by Crippen LogP contribution is 2.33. The van der Waals surface area contributed by atoms with Gasteiger partial charge in [-0.25, -0.2) is 8.42 Å². The third kappa shape index (κ3) is 6.55. The molecule has 0 unspecified atom stereocenters. The van der Waals surface area contributed by atoms with E-state index in [1.165, 1.54) is 20.3 Å². The van der Waals surface area contributed by atoms with Crippen molar-refractivity contribution in [3.05, 3.63) is 48.0 Å². The van der Waals surface area contributed by atoms with Crippen molar-refractivity contribution in [3.8, 4) is 17.2 Å². The van der Waals surface area contributed by atoms with Crippen molar-refractivity contribution in [2.24, 2.45) is 0 Å². The Kier molecular flexibility index (Phi) is 7.93. The quantitative estimate of drug-likeness (QED) is 0.615. The van der Waals surface area contributed by atoms with E-state index < -0.39 is 22.5 Å². The predicted octanol–water partition coefficient (Wildman–Crippen LogP) is 2.57. The fraction of sp³-hybridized carbons (Fsp3) is 0.381. The van der Waals surface area contributed by atoms with Crippen LogP contribution in [0, 0.1) is 0 Å². The third-order valence-corrected chi connectivity index (χ3v) is 5.23. The van der Waals surface area contributed by atoms with Gasteiger partial charge in [0, 0.05) is 12.6 Å². The van der Waals surface area contributed by atoms with Crippen LogP contribution in [0.3, 0.4) is 0 Å². The first-order valence-electron chi connectivity index (χ1n) is 9.36. The second-order valence-electron chi connectivity index (χ2n) is 6.90. The van der Waals surface area contributed by atoms with E-state index in [1.807, 2.05) is 38.1 Å². The van der Waals surface area contributed by atoms with Crippen LogP contribution >= 0.6 is 0 Å². The minimum atomic E-state index is -3.76. The van der Waals surface area contributed by atoms with Crippen molar-refractivity contribution < 1.29 is 27.4 Å². The van der Waals surface area contributed by atoms with Crippen LogP contribution in [0.4, 0.5) is 5.69 Å². The maximum Gasteiger partial charge on any atom is 0.241 e. The number of hydrogen-bond acceptors (Lipinski definition) is 6. The highest BCUT2D eigenvalue weighted by atomic mass is 32.2. The summed E-state index contributed by atoms with van der Waals surface area (Å²) in [5.74, 6) is 1.01. The number of amides is 1. The number of ether oxygens (including phenoxy) is 3. The zero-order valence-corrected chi connectivity index (χ0v) is 18.7. The van der Waals surface area contributed by atoms with E-state index >= 15 is 0 Å². The molecule has 2 rings (SSSR count). The van der Waals surface area contributed by atoms with E-state index in [-0.39, 0.29) is 18.3 Å². The van der Waals surface area contributed by atoms with Gasteiger partial charge in [0.25, 0.3) is 0 Å². The van der Waals surface area contributed by atoms with Gasteiger partial charge in [-0.1, -0.05) is 12.1 Å². The predicted molar refractivity (Wildman–Crippen MR) is 116 cm³/mol. The number of hydrogen-bond donors (Lipinski definition) is 1. The molecule has 0 spiro atoms. The number of anilines is 1. The van der Waals surface area contributed by atoms with Gasteiger partial charge in [-0.05, 0) is 43.7 Å². The molecule has 0 fully saturated rings. The minimum absolute atomic E-state index is 0.0380. The second-order valence-corrected chi connectivity index (χ2v) is 8.80. The molecule has 2 aromatic rings. The molecule has 0 atom stereocenters. The van der Waals surface area contributed by atoms with E-state index in [0.29, 0.717) is 17.2 Å². The first-order chi connectivity index (χ1) is 14.1. The molecular weight excluding hydrogens is 408 g/mol. The van der Waals surface area contributed by atoms with Gasteiger partial charge in [-0.3, -0.25) is 9.10 Å². The molecule has 0 saturated carbocycles. The molecular formula is C21H28N2O6S. The largest absolute Gasteiger partial charge is 0.497 e. The summed E-state index contributed by atoms with van der Waals surface area (Å²) in [5.41, 5.74) is 1.06. The first-order valence-corrected chi connectivity index (χ1v) is 11.2. The Morgan fingerprint density at radius 2 is 1.80 bits per heavy atom. The summed E-state index contributed by atoms with van der Waals surface area (Å²) in [5, 5.41) is 2.75. The highest BCUT2D eigenvalue weighted by Gasteiger charge is 2.24. The van der Waals surface area contributed by atoms with Crippen LogP contribution in [0.15, 0.2) is 42.5 Å². The molecule has 164 valence electrons. The smallest absolute Gasteiger partial charge is 0.241 e. The van der Waals surface area contributed by atoms with Crippen molar-refractivity contribution in [2.45, 2.75) is 26.5 Å².